The van der Waals surface area contributed by atoms with Crippen LogP contribution in [0.4, 0.5) is 0 Å². The molecule has 0 amide bonds. The summed E-state index contributed by atoms with van der Waals surface area (Å²) in [7, 11) is 4.46. The standard InChI is InChI=1S/C19H28N2O/c1-20(2)18-13-19(17-6-4-3-5-16(17)18)8-10-21(11-9-19)15-7-12-22-14-15/h3-6,15,18H,7-14H2,1-2H3/t15-,18+/m1/s1. The minimum atomic E-state index is 0.418. The average Bonchev–Trinajstić information content (AvgIpc) is 3.16. The van der Waals surface area contributed by atoms with Crippen LogP contribution in [0.5, 0.6) is 0 Å². The molecule has 0 N–H and O–H groups in total. The van der Waals surface area contributed by atoms with Crippen LogP contribution < -0.4 is 0 Å². The number of ether oxygens (including phenoxy) is 1. The van der Waals surface area contributed by atoms with Gasteiger partial charge in [0.25, 0.3) is 0 Å². The Bertz CT molecular complexity index is 528. The minimum Gasteiger partial charge on any atom is -0.380 e. The Morgan fingerprint density at radius 3 is 2.64 bits per heavy atom. The lowest BCUT2D eigenvalue weighted by atomic mass is 9.73. The van der Waals surface area contributed by atoms with Gasteiger partial charge in [0.1, 0.15) is 0 Å². The van der Waals surface area contributed by atoms with Crippen LogP contribution in [0.15, 0.2) is 24.3 Å². The summed E-state index contributed by atoms with van der Waals surface area (Å²) < 4.78 is 5.58. The highest BCUT2D eigenvalue weighted by Gasteiger charge is 2.46. The van der Waals surface area contributed by atoms with Crippen LogP contribution in [0.3, 0.4) is 0 Å². The van der Waals surface area contributed by atoms with Crippen molar-refractivity contribution >= 4 is 0 Å². The van der Waals surface area contributed by atoms with Crippen LogP contribution in [-0.2, 0) is 10.2 Å². The SMILES string of the molecule is CN(C)[C@H]1CC2(CCN([C@@H]3CCOC3)CC2)c2ccccc21. The fraction of sp³-hybridized carbons (Fsp3) is 0.684. The second-order valence-corrected chi connectivity index (χ2v) is 7.60. The van der Waals surface area contributed by atoms with Crippen LogP contribution in [0.2, 0.25) is 0 Å². The van der Waals surface area contributed by atoms with E-state index in [1.54, 1.807) is 11.1 Å². The summed E-state index contributed by atoms with van der Waals surface area (Å²) in [6.07, 6.45) is 5.15. The number of piperidine rings is 1. The first kappa shape index (κ1) is 14.7. The second kappa shape index (κ2) is 5.63. The normalized spacial score (nSPS) is 31.0. The van der Waals surface area contributed by atoms with E-state index >= 15 is 0 Å². The third-order valence-electron chi connectivity index (χ3n) is 6.28. The van der Waals surface area contributed by atoms with Crippen LogP contribution >= 0.6 is 0 Å². The van der Waals surface area contributed by atoms with E-state index < -0.39 is 0 Å². The number of benzene rings is 1. The lowest BCUT2D eigenvalue weighted by molar-refractivity contribution is 0.0906. The minimum absolute atomic E-state index is 0.418. The third-order valence-corrected chi connectivity index (χ3v) is 6.28. The summed E-state index contributed by atoms with van der Waals surface area (Å²) in [4.78, 5) is 5.09. The largest absolute Gasteiger partial charge is 0.380 e. The summed E-state index contributed by atoms with van der Waals surface area (Å²) in [5.74, 6) is 0. The monoisotopic (exact) mass is 300 g/mol. The number of fused-ring (bicyclic) bond motifs is 2. The van der Waals surface area contributed by atoms with Gasteiger partial charge < -0.3 is 9.64 Å². The van der Waals surface area contributed by atoms with Gasteiger partial charge in [-0.05, 0) is 69.4 Å². The molecule has 0 saturated carbocycles. The highest BCUT2D eigenvalue weighted by Crippen LogP contribution is 2.52. The molecule has 0 radical (unpaired) electrons. The van der Waals surface area contributed by atoms with E-state index in [4.69, 9.17) is 4.74 Å². The van der Waals surface area contributed by atoms with Crippen LogP contribution in [0.1, 0.15) is 42.9 Å². The molecule has 3 heteroatoms. The topological polar surface area (TPSA) is 15.7 Å². The van der Waals surface area contributed by atoms with Gasteiger partial charge in [-0.25, -0.2) is 0 Å². The highest BCUT2D eigenvalue weighted by atomic mass is 16.5. The molecule has 0 bridgehead atoms. The Morgan fingerprint density at radius 2 is 1.95 bits per heavy atom. The summed E-state index contributed by atoms with van der Waals surface area (Å²) >= 11 is 0. The Hall–Kier alpha value is -0.900. The third kappa shape index (κ3) is 2.31. The van der Waals surface area contributed by atoms with E-state index in [-0.39, 0.29) is 0 Å². The lowest BCUT2D eigenvalue weighted by Crippen LogP contribution is -2.46. The zero-order valence-electron chi connectivity index (χ0n) is 13.9. The molecule has 2 fully saturated rings. The molecule has 3 aliphatic rings. The van der Waals surface area contributed by atoms with Gasteiger partial charge in [0, 0.05) is 18.7 Å². The predicted octanol–water partition coefficient (Wildman–Crippen LogP) is 2.82. The molecule has 120 valence electrons. The molecule has 1 aromatic rings. The van der Waals surface area contributed by atoms with Crippen molar-refractivity contribution in [3.8, 4) is 0 Å². The van der Waals surface area contributed by atoms with Crippen molar-refractivity contribution in [3.05, 3.63) is 35.4 Å². The van der Waals surface area contributed by atoms with Crippen molar-refractivity contribution in [2.24, 2.45) is 0 Å². The number of likely N-dealkylation sites (tertiary alicyclic amines) is 1. The molecule has 2 aliphatic heterocycles. The Morgan fingerprint density at radius 1 is 1.18 bits per heavy atom. The molecule has 0 aromatic heterocycles. The summed E-state index contributed by atoms with van der Waals surface area (Å²) in [6.45, 7) is 4.38. The van der Waals surface area contributed by atoms with Gasteiger partial charge in [0.15, 0.2) is 0 Å². The Labute approximate surface area is 134 Å². The van der Waals surface area contributed by atoms with E-state index in [0.29, 0.717) is 17.5 Å². The Kier molecular flexibility index (Phi) is 3.75. The van der Waals surface area contributed by atoms with Crippen LogP contribution in [-0.4, -0.2) is 56.2 Å². The summed E-state index contributed by atoms with van der Waals surface area (Å²) in [6, 6.07) is 10.5. The number of nitrogens with zero attached hydrogens (tertiary/aromatic N) is 2. The quantitative estimate of drug-likeness (QED) is 0.835. The van der Waals surface area contributed by atoms with Crippen molar-refractivity contribution in [2.45, 2.75) is 43.2 Å². The van der Waals surface area contributed by atoms with Gasteiger partial charge in [0.05, 0.1) is 6.61 Å². The van der Waals surface area contributed by atoms with E-state index in [1.807, 2.05) is 0 Å². The molecule has 1 aromatic carbocycles. The van der Waals surface area contributed by atoms with E-state index in [2.05, 4.69) is 48.2 Å². The highest BCUT2D eigenvalue weighted by molar-refractivity contribution is 5.42. The van der Waals surface area contributed by atoms with Gasteiger partial charge in [-0.2, -0.15) is 0 Å². The Balaban J connectivity index is 1.56. The summed E-state index contributed by atoms with van der Waals surface area (Å²) in [5.41, 5.74) is 3.63. The first-order valence-corrected chi connectivity index (χ1v) is 8.77. The zero-order valence-corrected chi connectivity index (χ0v) is 13.9. The van der Waals surface area contributed by atoms with E-state index in [0.717, 1.165) is 13.2 Å². The average molecular weight is 300 g/mol. The molecule has 3 nitrogen and oxygen atoms in total. The zero-order chi connectivity index (χ0) is 15.2. The maximum atomic E-state index is 5.58. The number of hydrogen-bond donors (Lipinski definition) is 0. The van der Waals surface area contributed by atoms with Gasteiger partial charge >= 0.3 is 0 Å². The second-order valence-electron chi connectivity index (χ2n) is 7.60. The molecule has 1 spiro atoms. The molecule has 2 atom stereocenters. The van der Waals surface area contributed by atoms with Gasteiger partial charge in [-0.3, -0.25) is 4.90 Å². The van der Waals surface area contributed by atoms with Gasteiger partial charge in [-0.15, -0.1) is 0 Å². The van der Waals surface area contributed by atoms with Crippen molar-refractivity contribution in [1.29, 1.82) is 0 Å². The van der Waals surface area contributed by atoms with Crippen molar-refractivity contribution in [2.75, 3.05) is 40.4 Å². The smallest absolute Gasteiger partial charge is 0.0622 e. The van der Waals surface area contributed by atoms with Crippen molar-refractivity contribution in [3.63, 3.8) is 0 Å². The van der Waals surface area contributed by atoms with Crippen molar-refractivity contribution < 1.29 is 4.74 Å². The molecular weight excluding hydrogens is 272 g/mol. The maximum absolute atomic E-state index is 5.58. The van der Waals surface area contributed by atoms with Crippen LogP contribution in [0, 0.1) is 0 Å². The molecule has 1 aliphatic carbocycles. The number of hydrogen-bond acceptors (Lipinski definition) is 3. The molecular formula is C19H28N2O. The van der Waals surface area contributed by atoms with Crippen LogP contribution in [0.25, 0.3) is 0 Å². The van der Waals surface area contributed by atoms with E-state index in [9.17, 15) is 0 Å². The molecule has 2 heterocycles. The number of rotatable bonds is 2. The molecule has 22 heavy (non-hydrogen) atoms. The fourth-order valence-corrected chi connectivity index (χ4v) is 4.92. The first-order valence-electron chi connectivity index (χ1n) is 8.77. The van der Waals surface area contributed by atoms with Gasteiger partial charge in [-0.1, -0.05) is 24.3 Å². The first-order chi connectivity index (χ1) is 10.7. The molecule has 0 unspecified atom stereocenters. The van der Waals surface area contributed by atoms with E-state index in [1.165, 1.54) is 38.8 Å². The summed E-state index contributed by atoms with van der Waals surface area (Å²) in [5, 5.41) is 0. The fourth-order valence-electron chi connectivity index (χ4n) is 4.92. The van der Waals surface area contributed by atoms with Crippen molar-refractivity contribution in [1.82, 2.24) is 9.80 Å². The maximum Gasteiger partial charge on any atom is 0.0622 e. The predicted molar refractivity (Wildman–Crippen MR) is 89.2 cm³/mol. The lowest BCUT2D eigenvalue weighted by Gasteiger charge is -2.42. The molecule has 4 rings (SSSR count). The van der Waals surface area contributed by atoms with Gasteiger partial charge in [0.2, 0.25) is 0 Å². The molecule has 2 saturated heterocycles.